The number of amides is 2. The predicted octanol–water partition coefficient (Wildman–Crippen LogP) is 3.57. The summed E-state index contributed by atoms with van der Waals surface area (Å²) in [6.07, 6.45) is 9.48. The minimum Gasteiger partial charge on any atom is -0.348 e. The van der Waals surface area contributed by atoms with Gasteiger partial charge in [-0.3, -0.25) is 19.5 Å². The second kappa shape index (κ2) is 12.0. The van der Waals surface area contributed by atoms with E-state index in [4.69, 9.17) is 0 Å². The highest BCUT2D eigenvalue weighted by molar-refractivity contribution is 5.92. The molecule has 0 bridgehead atoms. The number of piperidine rings is 1. The first-order chi connectivity index (χ1) is 18.9. The maximum absolute atomic E-state index is 14.2. The Labute approximate surface area is 226 Å². The van der Waals surface area contributed by atoms with Crippen molar-refractivity contribution in [3.05, 3.63) is 71.8 Å². The first-order valence-electron chi connectivity index (χ1n) is 13.5. The molecule has 1 aliphatic carbocycles. The number of aromatic nitrogens is 4. The van der Waals surface area contributed by atoms with Crippen molar-refractivity contribution in [2.75, 3.05) is 13.1 Å². The molecule has 39 heavy (non-hydrogen) atoms. The minimum atomic E-state index is -0.819. The zero-order valence-electron chi connectivity index (χ0n) is 21.9. The van der Waals surface area contributed by atoms with Crippen molar-refractivity contribution in [3.63, 3.8) is 0 Å². The highest BCUT2D eigenvalue weighted by Gasteiger charge is 2.38. The van der Waals surface area contributed by atoms with Gasteiger partial charge in [-0.05, 0) is 50.5 Å². The number of carbonyl (C=O) groups excluding carboxylic acids is 2. The van der Waals surface area contributed by atoms with Crippen LogP contribution in [0.5, 0.6) is 0 Å². The van der Waals surface area contributed by atoms with Crippen molar-refractivity contribution in [1.82, 2.24) is 35.5 Å². The molecule has 0 unspecified atom stereocenters. The van der Waals surface area contributed by atoms with Crippen LogP contribution in [0.1, 0.15) is 67.7 Å². The van der Waals surface area contributed by atoms with Gasteiger partial charge in [0.1, 0.15) is 11.5 Å². The van der Waals surface area contributed by atoms with Gasteiger partial charge in [0.25, 0.3) is 5.91 Å². The van der Waals surface area contributed by atoms with Crippen LogP contribution in [0.2, 0.25) is 0 Å². The average Bonchev–Trinajstić information content (AvgIpc) is 3.44. The summed E-state index contributed by atoms with van der Waals surface area (Å²) in [6.45, 7) is 3.22. The van der Waals surface area contributed by atoms with E-state index < -0.39 is 29.5 Å². The summed E-state index contributed by atoms with van der Waals surface area (Å²) >= 11 is 0. The van der Waals surface area contributed by atoms with Gasteiger partial charge in [-0.25, -0.2) is 13.5 Å². The number of carbonyl (C=O) groups is 2. The average molecular weight is 538 g/mol. The Morgan fingerprint density at radius 3 is 2.64 bits per heavy atom. The lowest BCUT2D eigenvalue weighted by Gasteiger charge is -2.43. The second-order valence-corrected chi connectivity index (χ2v) is 10.4. The van der Waals surface area contributed by atoms with E-state index in [0.29, 0.717) is 19.0 Å². The van der Waals surface area contributed by atoms with Gasteiger partial charge in [0, 0.05) is 37.4 Å². The maximum Gasteiger partial charge on any atom is 0.273 e. The topological polar surface area (TPSA) is 105 Å². The minimum absolute atomic E-state index is 0.0190. The molecule has 1 aromatic carbocycles. The standard InChI is InChI=1S/C28H33F2N7O2/c1-18(23-9-5-6-13-31-23)32-27(38)21-16-36(20-7-3-2-4-8-20)14-12-24(21)33-28(39)25-17-37(35-34-25)26-11-10-19(29)15-22(26)30/h5-6,9-11,13,15,17-18,20-21,24H,2-4,7-8,12,14,16H2,1H3,(H,32,38)(H,33,39)/t18-,21+,24+/m1/s1. The third kappa shape index (κ3) is 6.30. The molecule has 5 rings (SSSR count). The normalized spacial score (nSPS) is 21.3. The van der Waals surface area contributed by atoms with Gasteiger partial charge < -0.3 is 10.6 Å². The fourth-order valence-corrected chi connectivity index (χ4v) is 5.61. The number of benzene rings is 1. The molecule has 3 atom stereocenters. The predicted molar refractivity (Wildman–Crippen MR) is 140 cm³/mol. The number of hydrogen-bond acceptors (Lipinski definition) is 6. The lowest BCUT2D eigenvalue weighted by molar-refractivity contribution is -0.128. The molecule has 1 saturated heterocycles. The van der Waals surface area contributed by atoms with Gasteiger partial charge in [0.2, 0.25) is 5.91 Å². The Morgan fingerprint density at radius 1 is 1.08 bits per heavy atom. The number of hydrogen-bond donors (Lipinski definition) is 2. The summed E-state index contributed by atoms with van der Waals surface area (Å²) < 4.78 is 28.6. The maximum atomic E-state index is 14.2. The van der Waals surface area contributed by atoms with Crippen molar-refractivity contribution < 1.29 is 18.4 Å². The summed E-state index contributed by atoms with van der Waals surface area (Å²) in [4.78, 5) is 33.5. The fraction of sp³-hybridized carbons (Fsp3) is 0.464. The Balaban J connectivity index is 1.31. The first-order valence-corrected chi connectivity index (χ1v) is 13.5. The van der Waals surface area contributed by atoms with E-state index in [2.05, 4.69) is 30.8 Å². The molecule has 2 aliphatic rings. The number of rotatable bonds is 7. The van der Waals surface area contributed by atoms with Gasteiger partial charge in [-0.2, -0.15) is 0 Å². The first kappa shape index (κ1) is 26.9. The van der Waals surface area contributed by atoms with Crippen molar-refractivity contribution in [1.29, 1.82) is 0 Å². The Kier molecular flexibility index (Phi) is 8.25. The van der Waals surface area contributed by atoms with Crippen LogP contribution in [0.25, 0.3) is 5.69 Å². The summed E-state index contributed by atoms with van der Waals surface area (Å²) in [6, 6.07) is 8.40. The van der Waals surface area contributed by atoms with E-state index in [-0.39, 0.29) is 23.3 Å². The van der Waals surface area contributed by atoms with E-state index >= 15 is 0 Å². The Morgan fingerprint density at radius 2 is 1.90 bits per heavy atom. The van der Waals surface area contributed by atoms with Gasteiger partial charge >= 0.3 is 0 Å². The van der Waals surface area contributed by atoms with Gasteiger partial charge in [0.05, 0.1) is 23.9 Å². The molecule has 2 aromatic heterocycles. The quantitative estimate of drug-likeness (QED) is 0.478. The van der Waals surface area contributed by atoms with Crippen LogP contribution in [-0.4, -0.2) is 61.9 Å². The smallest absolute Gasteiger partial charge is 0.273 e. The molecular weight excluding hydrogens is 504 g/mol. The third-order valence-corrected chi connectivity index (χ3v) is 7.76. The third-order valence-electron chi connectivity index (χ3n) is 7.76. The molecule has 2 amide bonds. The van der Waals surface area contributed by atoms with E-state index in [1.54, 1.807) is 6.20 Å². The number of pyridine rings is 1. The lowest BCUT2D eigenvalue weighted by atomic mass is 9.86. The van der Waals surface area contributed by atoms with Crippen LogP contribution < -0.4 is 10.6 Å². The van der Waals surface area contributed by atoms with Crippen LogP contribution >= 0.6 is 0 Å². The molecule has 2 fully saturated rings. The lowest BCUT2D eigenvalue weighted by Crippen LogP contribution is -2.58. The number of halogens is 2. The largest absolute Gasteiger partial charge is 0.348 e. The fourth-order valence-electron chi connectivity index (χ4n) is 5.61. The van der Waals surface area contributed by atoms with E-state index in [1.165, 1.54) is 31.5 Å². The number of likely N-dealkylation sites (tertiary alicyclic amines) is 1. The van der Waals surface area contributed by atoms with Crippen molar-refractivity contribution >= 4 is 11.8 Å². The molecular formula is C28H33F2N7O2. The molecule has 3 heterocycles. The van der Waals surface area contributed by atoms with Gasteiger partial charge in [-0.1, -0.05) is 30.5 Å². The summed E-state index contributed by atoms with van der Waals surface area (Å²) in [5.41, 5.74) is 0.718. The number of nitrogens with zero attached hydrogens (tertiary/aromatic N) is 5. The molecule has 1 aliphatic heterocycles. The summed E-state index contributed by atoms with van der Waals surface area (Å²) in [5.74, 6) is -2.65. The molecule has 1 saturated carbocycles. The molecule has 206 valence electrons. The van der Waals surface area contributed by atoms with Gasteiger partial charge in [-0.15, -0.1) is 5.10 Å². The van der Waals surface area contributed by atoms with Gasteiger partial charge in [0.15, 0.2) is 11.5 Å². The highest BCUT2D eigenvalue weighted by Crippen LogP contribution is 2.28. The van der Waals surface area contributed by atoms with E-state index in [1.807, 2.05) is 25.1 Å². The molecule has 3 aromatic rings. The summed E-state index contributed by atoms with van der Waals surface area (Å²) in [5, 5.41) is 13.8. The van der Waals surface area contributed by atoms with E-state index in [0.717, 1.165) is 41.9 Å². The zero-order valence-corrected chi connectivity index (χ0v) is 21.9. The monoisotopic (exact) mass is 537 g/mol. The van der Waals surface area contributed by atoms with Crippen LogP contribution in [0.4, 0.5) is 8.78 Å². The Hall–Kier alpha value is -3.73. The number of nitrogens with one attached hydrogen (secondary N) is 2. The van der Waals surface area contributed by atoms with Crippen molar-refractivity contribution in [2.24, 2.45) is 5.92 Å². The zero-order chi connectivity index (χ0) is 27.4. The van der Waals surface area contributed by atoms with E-state index in [9.17, 15) is 18.4 Å². The molecule has 0 radical (unpaired) electrons. The second-order valence-electron chi connectivity index (χ2n) is 10.4. The Bertz CT molecular complexity index is 1300. The molecule has 9 nitrogen and oxygen atoms in total. The highest BCUT2D eigenvalue weighted by atomic mass is 19.1. The van der Waals surface area contributed by atoms with Crippen LogP contribution in [0.3, 0.4) is 0 Å². The molecule has 0 spiro atoms. The van der Waals surface area contributed by atoms with Crippen molar-refractivity contribution in [3.8, 4) is 5.69 Å². The SMILES string of the molecule is C[C@@H](NC(=O)[C@H]1CN(C2CCCCC2)CC[C@@H]1NC(=O)c1cn(-c2ccc(F)cc2F)nn1)c1ccccn1. The van der Waals surface area contributed by atoms with Crippen LogP contribution in [-0.2, 0) is 4.79 Å². The van der Waals surface area contributed by atoms with Crippen molar-refractivity contribution in [2.45, 2.75) is 63.6 Å². The molecule has 11 heteroatoms. The van der Waals surface area contributed by atoms with Crippen LogP contribution in [0, 0.1) is 17.6 Å². The molecule has 2 N–H and O–H groups in total. The summed E-state index contributed by atoms with van der Waals surface area (Å²) in [7, 11) is 0. The van der Waals surface area contributed by atoms with Crippen LogP contribution in [0.15, 0.2) is 48.8 Å².